The summed E-state index contributed by atoms with van der Waals surface area (Å²) in [5.74, 6) is -1.06. The summed E-state index contributed by atoms with van der Waals surface area (Å²) in [6, 6.07) is 2.43. The van der Waals surface area contributed by atoms with E-state index in [4.69, 9.17) is 10.8 Å². The zero-order valence-corrected chi connectivity index (χ0v) is 11.9. The van der Waals surface area contributed by atoms with E-state index in [2.05, 4.69) is 0 Å². The Kier molecular flexibility index (Phi) is 4.59. The standard InChI is InChI=1S/C9H9I2NO3/c10-5-1-4(2-6(11)8(5)13)3-7(12)9(14)15/h1-2,7,13H,3,12H2,(H,14,15)/p-1/t7-/m0/s1. The number of aliphatic carboxylic acids is 1. The molecule has 0 amide bonds. The lowest BCUT2D eigenvalue weighted by Gasteiger charge is -2.14. The number of carboxylic acid groups (broad SMARTS) is 1. The highest BCUT2D eigenvalue weighted by molar-refractivity contribution is 14.1. The molecule has 0 fully saturated rings. The quantitative estimate of drug-likeness (QED) is 0.697. The lowest BCUT2D eigenvalue weighted by atomic mass is 10.1. The number of rotatable bonds is 3. The molecule has 0 saturated carbocycles. The van der Waals surface area contributed by atoms with Gasteiger partial charge < -0.3 is 15.9 Å². The van der Waals surface area contributed by atoms with Gasteiger partial charge in [0.1, 0.15) is 6.04 Å². The van der Waals surface area contributed by atoms with Gasteiger partial charge in [0, 0.05) is 7.14 Å². The summed E-state index contributed by atoms with van der Waals surface area (Å²) in [5, 5.41) is 20.0. The van der Waals surface area contributed by atoms with Crippen LogP contribution in [0.25, 0.3) is 0 Å². The van der Waals surface area contributed by atoms with Gasteiger partial charge in [-0.2, -0.15) is 0 Å². The van der Waals surface area contributed by atoms with Crippen molar-refractivity contribution in [1.29, 1.82) is 0 Å². The Bertz CT molecular complexity index is 372. The van der Waals surface area contributed by atoms with Crippen LogP contribution in [0.1, 0.15) is 5.56 Å². The third kappa shape index (κ3) is 3.45. The van der Waals surface area contributed by atoms with E-state index < -0.39 is 12.0 Å². The van der Waals surface area contributed by atoms with E-state index >= 15 is 0 Å². The van der Waals surface area contributed by atoms with Gasteiger partial charge in [-0.05, 0) is 69.3 Å². The minimum absolute atomic E-state index is 0.0242. The number of halogens is 2. The predicted octanol–water partition coefficient (Wildman–Crippen LogP) is 0.924. The molecule has 0 aliphatic heterocycles. The van der Waals surface area contributed by atoms with Crippen molar-refractivity contribution in [1.82, 2.24) is 0 Å². The fourth-order valence-electron chi connectivity index (χ4n) is 1.07. The topological polar surface area (TPSA) is 86.4 Å². The van der Waals surface area contributed by atoms with E-state index in [1.807, 2.05) is 45.2 Å². The van der Waals surface area contributed by atoms with Crippen LogP contribution in [-0.4, -0.2) is 17.1 Å². The largest absolute Gasteiger partial charge is 0.871 e. The van der Waals surface area contributed by atoms with Gasteiger partial charge in [0.2, 0.25) is 0 Å². The summed E-state index contributed by atoms with van der Waals surface area (Å²) in [4.78, 5) is 10.5. The first-order valence-electron chi connectivity index (χ1n) is 4.05. The molecule has 0 aliphatic rings. The summed E-state index contributed by atoms with van der Waals surface area (Å²) in [7, 11) is 0. The van der Waals surface area contributed by atoms with E-state index in [1.54, 1.807) is 12.1 Å². The van der Waals surface area contributed by atoms with E-state index in [9.17, 15) is 9.90 Å². The van der Waals surface area contributed by atoms with E-state index in [-0.39, 0.29) is 12.2 Å². The fraction of sp³-hybridized carbons (Fsp3) is 0.222. The Balaban J connectivity index is 2.92. The molecule has 6 heteroatoms. The van der Waals surface area contributed by atoms with Gasteiger partial charge in [-0.15, -0.1) is 0 Å². The molecule has 1 aromatic rings. The Morgan fingerprint density at radius 2 is 1.93 bits per heavy atom. The lowest BCUT2D eigenvalue weighted by molar-refractivity contribution is -0.271. The van der Waals surface area contributed by atoms with Crippen molar-refractivity contribution in [2.45, 2.75) is 12.5 Å². The molecule has 3 N–H and O–H groups in total. The average Bonchev–Trinajstić information content (AvgIpc) is 2.13. The smallest absolute Gasteiger partial charge is 0.320 e. The molecule has 1 aromatic carbocycles. The second-order valence-electron chi connectivity index (χ2n) is 3.04. The molecule has 1 atom stereocenters. The Hall–Kier alpha value is -0.0900. The molecule has 0 heterocycles. The predicted molar refractivity (Wildman–Crippen MR) is 70.6 cm³/mol. The van der Waals surface area contributed by atoms with E-state index in [1.165, 1.54) is 0 Å². The van der Waals surface area contributed by atoms with E-state index in [0.717, 1.165) is 5.56 Å². The van der Waals surface area contributed by atoms with Crippen LogP contribution in [0.3, 0.4) is 0 Å². The summed E-state index contributed by atoms with van der Waals surface area (Å²) < 4.78 is 1.18. The molecule has 4 nitrogen and oxygen atoms in total. The number of hydrogen-bond donors (Lipinski definition) is 2. The fourth-order valence-corrected chi connectivity index (χ4v) is 2.97. The zero-order valence-electron chi connectivity index (χ0n) is 7.54. The van der Waals surface area contributed by atoms with Crippen LogP contribution in [0.2, 0.25) is 0 Å². The molecule has 0 bridgehead atoms. The number of nitrogens with two attached hydrogens (primary N) is 1. The van der Waals surface area contributed by atoms with E-state index in [0.29, 0.717) is 7.14 Å². The van der Waals surface area contributed by atoms with Gasteiger partial charge in [0.05, 0.1) is 0 Å². The van der Waals surface area contributed by atoms with Crippen molar-refractivity contribution >= 4 is 51.2 Å². The average molecular weight is 432 g/mol. The number of carbonyl (C=O) groups is 1. The van der Waals surface area contributed by atoms with Crippen molar-refractivity contribution in [2.75, 3.05) is 0 Å². The van der Waals surface area contributed by atoms with Crippen molar-refractivity contribution in [3.05, 3.63) is 24.8 Å². The zero-order chi connectivity index (χ0) is 11.6. The molecule has 1 rings (SSSR count). The maximum atomic E-state index is 11.4. The molecule has 0 unspecified atom stereocenters. The summed E-state index contributed by atoms with van der Waals surface area (Å²) in [6.07, 6.45) is 0.238. The Labute approximate surface area is 114 Å². The number of hydrogen-bond acceptors (Lipinski definition) is 3. The number of benzene rings is 1. The Morgan fingerprint density at radius 3 is 2.33 bits per heavy atom. The van der Waals surface area contributed by atoms with Gasteiger partial charge >= 0.3 is 5.97 Å². The minimum atomic E-state index is -1.04. The SMILES string of the molecule is N[C@@H](Cc1cc(I)c([O-])c(I)c1)C(=O)O. The van der Waals surface area contributed by atoms with Crippen molar-refractivity contribution in [3.8, 4) is 5.75 Å². The first kappa shape index (κ1) is 13.0. The molecule has 0 aromatic heterocycles. The first-order chi connectivity index (χ1) is 6.91. The van der Waals surface area contributed by atoms with Crippen molar-refractivity contribution in [2.24, 2.45) is 5.73 Å². The van der Waals surface area contributed by atoms with Crippen molar-refractivity contribution < 1.29 is 15.0 Å². The second-order valence-corrected chi connectivity index (χ2v) is 5.36. The maximum Gasteiger partial charge on any atom is 0.320 e. The molecule has 0 aliphatic carbocycles. The second kappa shape index (κ2) is 5.30. The van der Waals surface area contributed by atoms with Crippen LogP contribution in [0.4, 0.5) is 0 Å². The molecular formula is C9H8I2NO3-. The molecule has 82 valence electrons. The van der Waals surface area contributed by atoms with Gasteiger partial charge in [0.15, 0.2) is 0 Å². The Morgan fingerprint density at radius 1 is 1.47 bits per heavy atom. The van der Waals surface area contributed by atoms with Crippen LogP contribution in [-0.2, 0) is 11.2 Å². The van der Waals surface area contributed by atoms with Crippen LogP contribution >= 0.6 is 45.2 Å². The molecule has 15 heavy (non-hydrogen) atoms. The highest BCUT2D eigenvalue weighted by Crippen LogP contribution is 2.25. The van der Waals surface area contributed by atoms with Gasteiger partial charge in [-0.3, -0.25) is 4.79 Å². The lowest BCUT2D eigenvalue weighted by Crippen LogP contribution is -2.32. The molecule has 0 radical (unpaired) electrons. The first-order valence-corrected chi connectivity index (χ1v) is 6.21. The number of carboxylic acids is 1. The van der Waals surface area contributed by atoms with Crippen molar-refractivity contribution in [3.63, 3.8) is 0 Å². The molecule has 0 spiro atoms. The normalized spacial score (nSPS) is 12.5. The van der Waals surface area contributed by atoms with Gasteiger partial charge in [0.25, 0.3) is 0 Å². The van der Waals surface area contributed by atoms with Gasteiger partial charge in [-0.1, -0.05) is 5.75 Å². The van der Waals surface area contributed by atoms with Crippen LogP contribution in [0, 0.1) is 7.14 Å². The highest BCUT2D eigenvalue weighted by atomic mass is 127. The highest BCUT2D eigenvalue weighted by Gasteiger charge is 2.12. The van der Waals surface area contributed by atoms with Gasteiger partial charge in [-0.25, -0.2) is 0 Å². The summed E-state index contributed by atoms with van der Waals surface area (Å²) in [5.41, 5.74) is 6.18. The monoisotopic (exact) mass is 432 g/mol. The maximum absolute atomic E-state index is 11.4. The third-order valence-corrected chi connectivity index (χ3v) is 3.43. The van der Waals surface area contributed by atoms with Crippen LogP contribution in [0.15, 0.2) is 12.1 Å². The van der Waals surface area contributed by atoms with Crippen LogP contribution < -0.4 is 10.8 Å². The summed E-state index contributed by atoms with van der Waals surface area (Å²) in [6.45, 7) is 0. The van der Waals surface area contributed by atoms with Crippen LogP contribution in [0.5, 0.6) is 5.75 Å². The summed E-state index contributed by atoms with van der Waals surface area (Å²) >= 11 is 3.87. The molecular weight excluding hydrogens is 424 g/mol. The third-order valence-electron chi connectivity index (χ3n) is 1.83. The minimum Gasteiger partial charge on any atom is -0.871 e. The molecule has 0 saturated heterocycles.